The second kappa shape index (κ2) is 4.02. The van der Waals surface area contributed by atoms with E-state index >= 15 is 0 Å². The molecule has 5 heteroatoms. The van der Waals surface area contributed by atoms with E-state index in [-0.39, 0.29) is 28.8 Å². The minimum absolute atomic E-state index is 0.0488. The molecule has 0 aliphatic heterocycles. The molecule has 2 rings (SSSR count). The maximum atomic E-state index is 12.1. The number of aromatic nitrogens is 2. The van der Waals surface area contributed by atoms with Gasteiger partial charge < -0.3 is 11.1 Å². The monoisotopic (exact) mass is 248 g/mol. The van der Waals surface area contributed by atoms with E-state index in [4.69, 9.17) is 5.73 Å². The van der Waals surface area contributed by atoms with E-state index in [9.17, 15) is 4.79 Å². The Morgan fingerprint density at radius 2 is 1.72 bits per heavy atom. The van der Waals surface area contributed by atoms with Gasteiger partial charge in [-0.05, 0) is 0 Å². The Morgan fingerprint density at radius 1 is 1.22 bits per heavy atom. The highest BCUT2D eigenvalue weighted by atomic mass is 16.1. The van der Waals surface area contributed by atoms with Crippen LogP contribution in [0.3, 0.4) is 0 Å². The van der Waals surface area contributed by atoms with Crippen LogP contribution in [0.15, 0.2) is 18.7 Å². The zero-order chi connectivity index (χ0) is 13.6. The smallest absolute Gasteiger partial charge is 0.254 e. The molecular weight excluding hydrogens is 228 g/mol. The summed E-state index contributed by atoms with van der Waals surface area (Å²) in [6.07, 6.45) is 4.44. The van der Waals surface area contributed by atoms with Crippen molar-refractivity contribution in [3.8, 4) is 0 Å². The first-order valence-corrected chi connectivity index (χ1v) is 6.09. The molecule has 0 bridgehead atoms. The van der Waals surface area contributed by atoms with Crippen LogP contribution in [0.4, 0.5) is 0 Å². The van der Waals surface area contributed by atoms with Crippen LogP contribution in [0.5, 0.6) is 0 Å². The fourth-order valence-electron chi connectivity index (χ4n) is 3.18. The molecule has 1 fully saturated rings. The zero-order valence-corrected chi connectivity index (χ0v) is 11.3. The van der Waals surface area contributed by atoms with E-state index in [0.29, 0.717) is 5.56 Å². The fraction of sp³-hybridized carbons (Fsp3) is 0.615. The highest BCUT2D eigenvalue weighted by Gasteiger charge is 2.60. The Balaban J connectivity index is 2.13. The Morgan fingerprint density at radius 3 is 2.22 bits per heavy atom. The summed E-state index contributed by atoms with van der Waals surface area (Å²) in [5, 5.41) is 3.04. The molecular formula is C13H20N4O. The number of hydrogen-bond donors (Lipinski definition) is 2. The Hall–Kier alpha value is -1.49. The van der Waals surface area contributed by atoms with Gasteiger partial charge in [-0.3, -0.25) is 4.79 Å². The highest BCUT2D eigenvalue weighted by molar-refractivity contribution is 5.94. The lowest BCUT2D eigenvalue weighted by Gasteiger charge is -2.62. The average molecular weight is 248 g/mol. The molecule has 18 heavy (non-hydrogen) atoms. The molecule has 0 saturated heterocycles. The van der Waals surface area contributed by atoms with Gasteiger partial charge in [0.2, 0.25) is 0 Å². The van der Waals surface area contributed by atoms with Gasteiger partial charge in [-0.2, -0.15) is 0 Å². The third-order valence-electron chi connectivity index (χ3n) is 4.19. The van der Waals surface area contributed by atoms with Crippen molar-refractivity contribution in [3.63, 3.8) is 0 Å². The molecule has 0 spiro atoms. The van der Waals surface area contributed by atoms with E-state index < -0.39 is 0 Å². The lowest BCUT2D eigenvalue weighted by Crippen LogP contribution is -2.76. The van der Waals surface area contributed by atoms with Crippen LogP contribution >= 0.6 is 0 Å². The summed E-state index contributed by atoms with van der Waals surface area (Å²) in [6.45, 7) is 8.31. The summed E-state index contributed by atoms with van der Waals surface area (Å²) in [4.78, 5) is 19.8. The predicted molar refractivity (Wildman–Crippen MR) is 68.8 cm³/mol. The number of carbonyl (C=O) groups is 1. The van der Waals surface area contributed by atoms with Crippen molar-refractivity contribution in [2.75, 3.05) is 0 Å². The summed E-state index contributed by atoms with van der Waals surface area (Å²) in [5.41, 5.74) is 6.43. The van der Waals surface area contributed by atoms with Gasteiger partial charge in [0, 0.05) is 35.3 Å². The lowest BCUT2D eigenvalue weighted by molar-refractivity contribution is -0.0663. The number of nitrogens with zero attached hydrogens (tertiary/aromatic N) is 2. The molecule has 98 valence electrons. The van der Waals surface area contributed by atoms with Gasteiger partial charge in [0.05, 0.1) is 5.56 Å². The zero-order valence-electron chi connectivity index (χ0n) is 11.3. The third kappa shape index (κ3) is 1.79. The first-order valence-electron chi connectivity index (χ1n) is 6.09. The van der Waals surface area contributed by atoms with Gasteiger partial charge in [-0.25, -0.2) is 9.97 Å². The van der Waals surface area contributed by atoms with Gasteiger partial charge in [-0.1, -0.05) is 27.7 Å². The first-order chi connectivity index (χ1) is 8.28. The summed E-state index contributed by atoms with van der Waals surface area (Å²) >= 11 is 0. The van der Waals surface area contributed by atoms with Gasteiger partial charge in [0.15, 0.2) is 0 Å². The van der Waals surface area contributed by atoms with Crippen LogP contribution < -0.4 is 11.1 Å². The topological polar surface area (TPSA) is 80.9 Å². The first kappa shape index (κ1) is 13.0. The van der Waals surface area contributed by atoms with Crippen LogP contribution in [0, 0.1) is 10.8 Å². The molecule has 1 saturated carbocycles. The second-order valence-electron chi connectivity index (χ2n) is 6.15. The molecule has 5 nitrogen and oxygen atoms in total. The fourth-order valence-corrected chi connectivity index (χ4v) is 3.18. The molecule has 0 unspecified atom stereocenters. The summed E-state index contributed by atoms with van der Waals surface area (Å²) in [5.74, 6) is -0.145. The van der Waals surface area contributed by atoms with Crippen LogP contribution in [-0.4, -0.2) is 28.0 Å². The van der Waals surface area contributed by atoms with Crippen molar-refractivity contribution in [2.45, 2.75) is 39.8 Å². The summed E-state index contributed by atoms with van der Waals surface area (Å²) < 4.78 is 0. The van der Waals surface area contributed by atoms with Gasteiger partial charge in [-0.15, -0.1) is 0 Å². The molecule has 0 atom stereocenters. The molecule has 1 aromatic heterocycles. The standard InChI is InChI=1S/C13H20N4O/c1-12(2)10(14)13(3,4)11(12)17-9(18)8-5-15-7-16-6-8/h5-7,10-11H,14H2,1-4H3,(H,17,18). The minimum atomic E-state index is -0.145. The van der Waals surface area contributed by atoms with Crippen molar-refractivity contribution in [1.29, 1.82) is 0 Å². The van der Waals surface area contributed by atoms with Crippen LogP contribution in [-0.2, 0) is 0 Å². The molecule has 0 radical (unpaired) electrons. The number of hydrogen-bond acceptors (Lipinski definition) is 4. The lowest BCUT2D eigenvalue weighted by atomic mass is 9.48. The van der Waals surface area contributed by atoms with E-state index in [0.717, 1.165) is 0 Å². The van der Waals surface area contributed by atoms with Crippen LogP contribution in [0.1, 0.15) is 38.1 Å². The molecule has 1 aromatic rings. The minimum Gasteiger partial charge on any atom is -0.348 e. The van der Waals surface area contributed by atoms with Crippen molar-refractivity contribution < 1.29 is 4.79 Å². The number of amides is 1. The van der Waals surface area contributed by atoms with Crippen molar-refractivity contribution in [2.24, 2.45) is 16.6 Å². The van der Waals surface area contributed by atoms with Crippen LogP contribution in [0.25, 0.3) is 0 Å². The molecule has 1 aliphatic rings. The predicted octanol–water partition coefficient (Wildman–Crippen LogP) is 0.968. The van der Waals surface area contributed by atoms with Gasteiger partial charge in [0.1, 0.15) is 6.33 Å². The summed E-state index contributed by atoms with van der Waals surface area (Å²) in [7, 11) is 0. The number of rotatable bonds is 2. The number of nitrogens with two attached hydrogens (primary N) is 1. The van der Waals surface area contributed by atoms with Gasteiger partial charge >= 0.3 is 0 Å². The van der Waals surface area contributed by atoms with E-state index in [1.54, 1.807) is 0 Å². The Bertz CT molecular complexity index is 439. The van der Waals surface area contributed by atoms with E-state index in [1.165, 1.54) is 18.7 Å². The van der Waals surface area contributed by atoms with Crippen LogP contribution in [0.2, 0.25) is 0 Å². The van der Waals surface area contributed by atoms with E-state index in [2.05, 4.69) is 43.0 Å². The number of carbonyl (C=O) groups excluding carboxylic acids is 1. The second-order valence-corrected chi connectivity index (χ2v) is 6.15. The molecule has 3 N–H and O–H groups in total. The molecule has 0 aromatic carbocycles. The van der Waals surface area contributed by atoms with Crippen molar-refractivity contribution in [1.82, 2.24) is 15.3 Å². The summed E-state index contributed by atoms with van der Waals surface area (Å²) in [6, 6.07) is 0.120. The number of nitrogens with one attached hydrogen (secondary N) is 1. The Kier molecular flexibility index (Phi) is 2.89. The van der Waals surface area contributed by atoms with Crippen molar-refractivity contribution >= 4 is 5.91 Å². The van der Waals surface area contributed by atoms with Crippen molar-refractivity contribution in [3.05, 3.63) is 24.3 Å². The largest absolute Gasteiger partial charge is 0.348 e. The molecule has 1 heterocycles. The third-order valence-corrected chi connectivity index (χ3v) is 4.19. The molecule has 1 amide bonds. The quantitative estimate of drug-likeness (QED) is 0.817. The SMILES string of the molecule is CC1(C)C(N)C(C)(C)C1NC(=O)c1cncnc1. The van der Waals surface area contributed by atoms with E-state index in [1.807, 2.05) is 0 Å². The normalized spacial score (nSPS) is 28.3. The van der Waals surface area contributed by atoms with Gasteiger partial charge in [0.25, 0.3) is 5.91 Å². The Labute approximate surface area is 107 Å². The maximum Gasteiger partial charge on any atom is 0.254 e. The molecule has 1 aliphatic carbocycles. The average Bonchev–Trinajstić information content (AvgIpc) is 2.35. The maximum absolute atomic E-state index is 12.1. The highest BCUT2D eigenvalue weighted by Crippen LogP contribution is 2.52.